The highest BCUT2D eigenvalue weighted by Crippen LogP contribution is 2.34. The monoisotopic (exact) mass is 325 g/mol. The number of aryl methyl sites for hydroxylation is 1. The summed E-state index contributed by atoms with van der Waals surface area (Å²) in [6.07, 6.45) is 1.16. The Morgan fingerprint density at radius 3 is 2.89 bits per heavy atom. The van der Waals surface area contributed by atoms with E-state index in [-0.39, 0.29) is 21.8 Å². The van der Waals surface area contributed by atoms with Gasteiger partial charge in [0.1, 0.15) is 4.47 Å². The minimum absolute atomic E-state index is 0.0301. The molecule has 0 radical (unpaired) electrons. The summed E-state index contributed by atoms with van der Waals surface area (Å²) in [6.45, 7) is 1.60. The fourth-order valence-electron chi connectivity index (χ4n) is 1.49. The van der Waals surface area contributed by atoms with E-state index in [0.717, 1.165) is 6.33 Å². The minimum Gasteiger partial charge on any atom is -0.430 e. The van der Waals surface area contributed by atoms with Crippen LogP contribution in [0.2, 0.25) is 0 Å². The Morgan fingerprint density at radius 2 is 2.21 bits per heavy atom. The van der Waals surface area contributed by atoms with E-state index >= 15 is 0 Å². The molecule has 7 nitrogen and oxygen atoms in total. The number of nitrogens with zero attached hydrogens (tertiary/aromatic N) is 2. The van der Waals surface area contributed by atoms with E-state index in [9.17, 15) is 14.9 Å². The molecular weight excluding hydrogens is 318 g/mol. The van der Waals surface area contributed by atoms with Crippen LogP contribution in [-0.2, 0) is 0 Å². The van der Waals surface area contributed by atoms with Crippen LogP contribution in [0.3, 0.4) is 0 Å². The Balaban J connectivity index is 2.50. The standard InChI is InChI=1S/C11H8BrN3O4/c1-6-3-2-4-7(9(6)15(17)18)19-11-8(12)10(16)13-5-14-11/h2-5H,1H3,(H,13,14,16). The molecule has 0 aliphatic carbocycles. The smallest absolute Gasteiger partial charge is 0.314 e. The normalized spacial score (nSPS) is 10.2. The van der Waals surface area contributed by atoms with Crippen LogP contribution in [0.15, 0.2) is 33.8 Å². The number of aromatic nitrogens is 2. The lowest BCUT2D eigenvalue weighted by molar-refractivity contribution is -0.386. The molecule has 0 atom stereocenters. The molecule has 0 fully saturated rings. The molecule has 0 aliphatic heterocycles. The molecule has 19 heavy (non-hydrogen) atoms. The van der Waals surface area contributed by atoms with Gasteiger partial charge in [-0.1, -0.05) is 12.1 Å². The van der Waals surface area contributed by atoms with Crippen molar-refractivity contribution in [1.82, 2.24) is 9.97 Å². The SMILES string of the molecule is Cc1cccc(Oc2nc[nH]c(=O)c2Br)c1[N+](=O)[O-]. The molecule has 1 aromatic carbocycles. The van der Waals surface area contributed by atoms with Crippen molar-refractivity contribution < 1.29 is 9.66 Å². The van der Waals surface area contributed by atoms with Crippen LogP contribution in [-0.4, -0.2) is 14.9 Å². The third kappa shape index (κ3) is 2.63. The maximum absolute atomic E-state index is 11.4. The number of aromatic amines is 1. The zero-order chi connectivity index (χ0) is 14.0. The fourth-order valence-corrected chi connectivity index (χ4v) is 1.79. The Morgan fingerprint density at radius 1 is 1.47 bits per heavy atom. The van der Waals surface area contributed by atoms with Crippen molar-refractivity contribution in [2.45, 2.75) is 6.92 Å². The summed E-state index contributed by atoms with van der Waals surface area (Å²) in [5, 5.41) is 11.0. The summed E-state index contributed by atoms with van der Waals surface area (Å²) in [7, 11) is 0. The van der Waals surface area contributed by atoms with Crippen molar-refractivity contribution in [2.75, 3.05) is 0 Å². The number of H-pyrrole nitrogens is 1. The molecule has 0 saturated carbocycles. The first-order valence-electron chi connectivity index (χ1n) is 5.15. The van der Waals surface area contributed by atoms with E-state index in [1.165, 1.54) is 6.07 Å². The lowest BCUT2D eigenvalue weighted by atomic mass is 10.2. The average molecular weight is 326 g/mol. The first-order valence-corrected chi connectivity index (χ1v) is 5.95. The number of nitro benzene ring substituents is 1. The van der Waals surface area contributed by atoms with Gasteiger partial charge in [-0.15, -0.1) is 0 Å². The highest BCUT2D eigenvalue weighted by Gasteiger charge is 2.20. The fraction of sp³-hybridized carbons (Fsp3) is 0.0909. The van der Waals surface area contributed by atoms with E-state index in [1.54, 1.807) is 19.1 Å². The summed E-state index contributed by atoms with van der Waals surface area (Å²) >= 11 is 3.02. The maximum Gasteiger partial charge on any atom is 0.314 e. The van der Waals surface area contributed by atoms with Gasteiger partial charge in [-0.2, -0.15) is 0 Å². The summed E-state index contributed by atoms with van der Waals surface area (Å²) in [6, 6.07) is 4.67. The molecule has 0 saturated heterocycles. The molecule has 1 aromatic heterocycles. The summed E-state index contributed by atoms with van der Waals surface area (Å²) in [5.74, 6) is 0.00116. The molecule has 1 heterocycles. The van der Waals surface area contributed by atoms with Crippen molar-refractivity contribution >= 4 is 21.6 Å². The number of para-hydroxylation sites is 1. The van der Waals surface area contributed by atoms with Gasteiger partial charge < -0.3 is 9.72 Å². The zero-order valence-corrected chi connectivity index (χ0v) is 11.3. The van der Waals surface area contributed by atoms with E-state index in [0.29, 0.717) is 5.56 Å². The van der Waals surface area contributed by atoms with E-state index in [4.69, 9.17) is 4.74 Å². The number of nitrogens with one attached hydrogen (secondary N) is 1. The van der Waals surface area contributed by atoms with Gasteiger partial charge in [-0.05, 0) is 28.9 Å². The predicted octanol–water partition coefficient (Wildman–Crippen LogP) is 2.54. The second kappa shape index (κ2) is 5.19. The molecule has 2 aromatic rings. The van der Waals surface area contributed by atoms with Gasteiger partial charge in [0.15, 0.2) is 0 Å². The zero-order valence-electron chi connectivity index (χ0n) is 9.71. The average Bonchev–Trinajstić information content (AvgIpc) is 2.34. The van der Waals surface area contributed by atoms with E-state index in [2.05, 4.69) is 25.9 Å². The van der Waals surface area contributed by atoms with Gasteiger partial charge in [0.25, 0.3) is 5.56 Å². The number of nitro groups is 1. The number of hydrogen-bond donors (Lipinski definition) is 1. The van der Waals surface area contributed by atoms with Crippen LogP contribution >= 0.6 is 15.9 Å². The molecule has 2 rings (SSSR count). The largest absolute Gasteiger partial charge is 0.430 e. The second-order valence-electron chi connectivity index (χ2n) is 3.63. The van der Waals surface area contributed by atoms with Gasteiger partial charge in [-0.3, -0.25) is 14.9 Å². The van der Waals surface area contributed by atoms with Crippen molar-refractivity contribution in [2.24, 2.45) is 0 Å². The minimum atomic E-state index is -0.536. The Hall–Kier alpha value is -2.22. The molecule has 98 valence electrons. The first kappa shape index (κ1) is 13.2. The van der Waals surface area contributed by atoms with E-state index < -0.39 is 10.5 Å². The molecular formula is C11H8BrN3O4. The lowest BCUT2D eigenvalue weighted by Crippen LogP contribution is -2.08. The molecule has 1 N–H and O–H groups in total. The van der Waals surface area contributed by atoms with Gasteiger partial charge >= 0.3 is 5.69 Å². The Bertz CT molecular complexity index is 699. The number of halogens is 1. The Labute approximate surface area is 115 Å². The number of ether oxygens (including phenoxy) is 1. The highest BCUT2D eigenvalue weighted by atomic mass is 79.9. The summed E-state index contributed by atoms with van der Waals surface area (Å²) in [5.41, 5.74) is -0.125. The molecule has 0 unspecified atom stereocenters. The predicted molar refractivity (Wildman–Crippen MR) is 70.5 cm³/mol. The number of rotatable bonds is 3. The first-order chi connectivity index (χ1) is 9.00. The van der Waals surface area contributed by atoms with Crippen molar-refractivity contribution in [3.05, 3.63) is 55.0 Å². The number of hydrogen-bond acceptors (Lipinski definition) is 5. The molecule has 8 heteroatoms. The molecule has 0 aliphatic rings. The van der Waals surface area contributed by atoms with Gasteiger partial charge in [0, 0.05) is 5.56 Å². The van der Waals surface area contributed by atoms with Crippen LogP contribution in [0.5, 0.6) is 11.6 Å². The van der Waals surface area contributed by atoms with Crippen molar-refractivity contribution in [3.63, 3.8) is 0 Å². The van der Waals surface area contributed by atoms with Crippen LogP contribution in [0.25, 0.3) is 0 Å². The number of benzene rings is 1. The van der Waals surface area contributed by atoms with Gasteiger partial charge in [-0.25, -0.2) is 4.98 Å². The third-order valence-corrected chi connectivity index (χ3v) is 3.05. The summed E-state index contributed by atoms with van der Waals surface area (Å²) in [4.78, 5) is 28.0. The van der Waals surface area contributed by atoms with Gasteiger partial charge in [0.05, 0.1) is 11.3 Å². The van der Waals surface area contributed by atoms with Gasteiger partial charge in [0.2, 0.25) is 11.6 Å². The molecule has 0 bridgehead atoms. The lowest BCUT2D eigenvalue weighted by Gasteiger charge is -2.07. The van der Waals surface area contributed by atoms with Crippen molar-refractivity contribution in [1.29, 1.82) is 0 Å². The Kier molecular flexibility index (Phi) is 3.61. The molecule has 0 amide bonds. The van der Waals surface area contributed by atoms with Crippen LogP contribution in [0.4, 0.5) is 5.69 Å². The maximum atomic E-state index is 11.4. The van der Waals surface area contributed by atoms with Crippen LogP contribution in [0.1, 0.15) is 5.56 Å². The molecule has 0 spiro atoms. The quantitative estimate of drug-likeness (QED) is 0.690. The topological polar surface area (TPSA) is 98.1 Å². The van der Waals surface area contributed by atoms with Crippen LogP contribution < -0.4 is 10.3 Å². The highest BCUT2D eigenvalue weighted by molar-refractivity contribution is 9.10. The summed E-state index contributed by atoms with van der Waals surface area (Å²) < 4.78 is 5.42. The second-order valence-corrected chi connectivity index (χ2v) is 4.42. The van der Waals surface area contributed by atoms with Crippen molar-refractivity contribution in [3.8, 4) is 11.6 Å². The third-order valence-electron chi connectivity index (χ3n) is 2.35. The van der Waals surface area contributed by atoms with Crippen LogP contribution in [0, 0.1) is 17.0 Å². The van der Waals surface area contributed by atoms with E-state index in [1.807, 2.05) is 0 Å².